The number of nitrogens with one attached hydrogen (secondary N) is 1. The Morgan fingerprint density at radius 2 is 2.00 bits per heavy atom. The van der Waals surface area contributed by atoms with E-state index in [0.717, 1.165) is 25.7 Å². The van der Waals surface area contributed by atoms with Crippen molar-refractivity contribution in [2.75, 3.05) is 11.1 Å². The number of halogens is 1. The van der Waals surface area contributed by atoms with Crippen molar-refractivity contribution in [2.45, 2.75) is 43.3 Å². The zero-order valence-electron chi connectivity index (χ0n) is 16.8. The largest absolute Gasteiger partial charge is 0.324 e. The van der Waals surface area contributed by atoms with Gasteiger partial charge in [-0.3, -0.25) is 14.2 Å². The average Bonchev–Trinajstić information content (AvgIpc) is 2.78. The molecule has 0 saturated heterocycles. The third-order valence-electron chi connectivity index (χ3n) is 5.42. The first-order chi connectivity index (χ1) is 15.1. The van der Waals surface area contributed by atoms with Crippen molar-refractivity contribution in [2.24, 2.45) is 0 Å². The van der Waals surface area contributed by atoms with Crippen LogP contribution in [-0.2, 0) is 4.79 Å². The standard InChI is InChI=1S/C23H21ClN4O2S/c24-16-11-10-15(13-25)20(12-16)26-21(29)14-31-23-27-19-9-5-4-8-18(19)22(30)28(23)17-6-2-1-3-7-17/h4-5,8-12,17H,1-3,6-7,14H2,(H,26,29). The van der Waals surface area contributed by atoms with E-state index in [1.54, 1.807) is 28.8 Å². The number of aromatic nitrogens is 2. The Bertz CT molecular complexity index is 1230. The summed E-state index contributed by atoms with van der Waals surface area (Å²) >= 11 is 7.23. The summed E-state index contributed by atoms with van der Waals surface area (Å²) in [5.74, 6) is -0.226. The number of carbonyl (C=O) groups is 1. The van der Waals surface area contributed by atoms with Gasteiger partial charge in [-0.2, -0.15) is 5.26 Å². The van der Waals surface area contributed by atoms with Gasteiger partial charge in [0.15, 0.2) is 5.16 Å². The number of anilines is 1. The SMILES string of the molecule is N#Cc1ccc(Cl)cc1NC(=O)CSc1nc2ccccc2c(=O)n1C1CCCCC1. The van der Waals surface area contributed by atoms with Crippen LogP contribution in [0.5, 0.6) is 0 Å². The number of hydrogen-bond donors (Lipinski definition) is 1. The molecule has 31 heavy (non-hydrogen) atoms. The van der Waals surface area contributed by atoms with Gasteiger partial charge >= 0.3 is 0 Å². The van der Waals surface area contributed by atoms with Crippen LogP contribution in [0.15, 0.2) is 52.4 Å². The van der Waals surface area contributed by atoms with E-state index in [1.807, 2.05) is 24.3 Å². The molecular formula is C23H21ClN4O2S. The molecule has 0 atom stereocenters. The second kappa shape index (κ2) is 9.54. The van der Waals surface area contributed by atoms with Crippen molar-refractivity contribution in [1.82, 2.24) is 9.55 Å². The summed E-state index contributed by atoms with van der Waals surface area (Å²) in [6.07, 6.45) is 5.22. The van der Waals surface area contributed by atoms with Crippen LogP contribution >= 0.6 is 23.4 Å². The fourth-order valence-electron chi connectivity index (χ4n) is 3.92. The highest BCUT2D eigenvalue weighted by Gasteiger charge is 2.22. The lowest BCUT2D eigenvalue weighted by molar-refractivity contribution is -0.113. The van der Waals surface area contributed by atoms with Crippen LogP contribution in [-0.4, -0.2) is 21.2 Å². The Balaban J connectivity index is 1.60. The average molecular weight is 453 g/mol. The number of rotatable bonds is 5. The highest BCUT2D eigenvalue weighted by atomic mass is 35.5. The Labute approximate surface area is 189 Å². The van der Waals surface area contributed by atoms with Crippen molar-refractivity contribution in [1.29, 1.82) is 5.26 Å². The molecule has 6 nitrogen and oxygen atoms in total. The van der Waals surface area contributed by atoms with Gasteiger partial charge in [-0.1, -0.05) is 54.8 Å². The van der Waals surface area contributed by atoms with E-state index in [1.165, 1.54) is 18.2 Å². The van der Waals surface area contributed by atoms with E-state index in [4.69, 9.17) is 16.6 Å². The molecule has 1 aliphatic rings. The number of fused-ring (bicyclic) bond motifs is 1. The molecule has 1 fully saturated rings. The first-order valence-electron chi connectivity index (χ1n) is 10.2. The minimum Gasteiger partial charge on any atom is -0.324 e. The molecule has 4 rings (SSSR count). The summed E-state index contributed by atoms with van der Waals surface area (Å²) in [7, 11) is 0. The van der Waals surface area contributed by atoms with Gasteiger partial charge in [0.25, 0.3) is 5.56 Å². The molecule has 1 amide bonds. The van der Waals surface area contributed by atoms with Crippen LogP contribution < -0.4 is 10.9 Å². The first-order valence-corrected chi connectivity index (χ1v) is 11.6. The number of nitriles is 1. The molecule has 158 valence electrons. The third kappa shape index (κ3) is 4.76. The Morgan fingerprint density at radius 1 is 1.23 bits per heavy atom. The zero-order valence-corrected chi connectivity index (χ0v) is 18.4. The third-order valence-corrected chi connectivity index (χ3v) is 6.61. The zero-order chi connectivity index (χ0) is 21.8. The van der Waals surface area contributed by atoms with Crippen molar-refractivity contribution in [3.63, 3.8) is 0 Å². The van der Waals surface area contributed by atoms with Crippen LogP contribution in [0, 0.1) is 11.3 Å². The fourth-order valence-corrected chi connectivity index (χ4v) is 4.96. The van der Waals surface area contributed by atoms with Crippen LogP contribution in [0.25, 0.3) is 10.9 Å². The van der Waals surface area contributed by atoms with E-state index in [2.05, 4.69) is 5.32 Å². The van der Waals surface area contributed by atoms with Crippen LogP contribution in [0.4, 0.5) is 5.69 Å². The lowest BCUT2D eigenvalue weighted by Crippen LogP contribution is -2.29. The molecule has 0 unspecified atom stereocenters. The van der Waals surface area contributed by atoms with Crippen molar-refractivity contribution in [3.8, 4) is 6.07 Å². The lowest BCUT2D eigenvalue weighted by Gasteiger charge is -2.26. The molecule has 1 aromatic heterocycles. The molecule has 2 aromatic carbocycles. The summed E-state index contributed by atoms with van der Waals surface area (Å²) in [5.41, 5.74) is 1.29. The smallest absolute Gasteiger partial charge is 0.262 e. The summed E-state index contributed by atoms with van der Waals surface area (Å²) in [5, 5.41) is 13.6. The van der Waals surface area contributed by atoms with Gasteiger partial charge in [0, 0.05) is 11.1 Å². The van der Waals surface area contributed by atoms with Gasteiger partial charge in [-0.05, 0) is 43.2 Å². The summed E-state index contributed by atoms with van der Waals surface area (Å²) in [6.45, 7) is 0. The Hall–Kier alpha value is -2.82. The number of nitrogens with zero attached hydrogens (tertiary/aromatic N) is 3. The van der Waals surface area contributed by atoms with E-state index < -0.39 is 0 Å². The van der Waals surface area contributed by atoms with Crippen molar-refractivity contribution >= 4 is 45.9 Å². The van der Waals surface area contributed by atoms with E-state index >= 15 is 0 Å². The number of amides is 1. The summed E-state index contributed by atoms with van der Waals surface area (Å²) in [6, 6.07) is 14.2. The molecule has 1 aliphatic carbocycles. The predicted molar refractivity (Wildman–Crippen MR) is 124 cm³/mol. The van der Waals surface area contributed by atoms with Crippen LogP contribution in [0.2, 0.25) is 5.02 Å². The highest BCUT2D eigenvalue weighted by Crippen LogP contribution is 2.31. The molecule has 0 spiro atoms. The number of hydrogen-bond acceptors (Lipinski definition) is 5. The van der Waals surface area contributed by atoms with Gasteiger partial charge < -0.3 is 5.32 Å². The summed E-state index contributed by atoms with van der Waals surface area (Å²) < 4.78 is 1.78. The maximum absolute atomic E-state index is 13.3. The molecule has 1 saturated carbocycles. The predicted octanol–water partition coefficient (Wildman–Crippen LogP) is 5.16. The molecule has 0 aliphatic heterocycles. The quantitative estimate of drug-likeness (QED) is 0.426. The van der Waals surface area contributed by atoms with E-state index in [9.17, 15) is 14.9 Å². The van der Waals surface area contributed by atoms with E-state index in [0.29, 0.717) is 32.3 Å². The van der Waals surface area contributed by atoms with Gasteiger partial charge in [0.05, 0.1) is 27.9 Å². The first kappa shape index (κ1) is 21.4. The highest BCUT2D eigenvalue weighted by molar-refractivity contribution is 7.99. The minimum absolute atomic E-state index is 0.0537. The molecular weight excluding hydrogens is 432 g/mol. The van der Waals surface area contributed by atoms with Gasteiger partial charge in [0.1, 0.15) is 6.07 Å². The van der Waals surface area contributed by atoms with Gasteiger partial charge in [-0.15, -0.1) is 0 Å². The fraction of sp³-hybridized carbons (Fsp3) is 0.304. The molecule has 1 N–H and O–H groups in total. The Kier molecular flexibility index (Phi) is 6.59. The topological polar surface area (TPSA) is 87.8 Å². The van der Waals surface area contributed by atoms with Crippen LogP contribution in [0.3, 0.4) is 0 Å². The molecule has 0 radical (unpaired) electrons. The minimum atomic E-state index is -0.290. The van der Waals surface area contributed by atoms with Gasteiger partial charge in [-0.25, -0.2) is 4.98 Å². The maximum Gasteiger partial charge on any atom is 0.262 e. The number of benzene rings is 2. The van der Waals surface area contributed by atoms with Crippen molar-refractivity contribution in [3.05, 3.63) is 63.4 Å². The van der Waals surface area contributed by atoms with Crippen LogP contribution in [0.1, 0.15) is 43.7 Å². The van der Waals surface area contributed by atoms with Gasteiger partial charge in [0.2, 0.25) is 5.91 Å². The molecule has 0 bridgehead atoms. The monoisotopic (exact) mass is 452 g/mol. The second-order valence-corrected chi connectivity index (χ2v) is 8.90. The molecule has 1 heterocycles. The summed E-state index contributed by atoms with van der Waals surface area (Å²) in [4.78, 5) is 30.6. The lowest BCUT2D eigenvalue weighted by atomic mass is 9.95. The number of carbonyl (C=O) groups excluding carboxylic acids is 1. The Morgan fingerprint density at radius 3 is 2.77 bits per heavy atom. The van der Waals surface area contributed by atoms with E-state index in [-0.39, 0.29) is 23.3 Å². The normalized spacial score (nSPS) is 14.3. The number of thioether (sulfide) groups is 1. The second-order valence-electron chi connectivity index (χ2n) is 7.52. The molecule has 3 aromatic rings. The number of para-hydroxylation sites is 1. The maximum atomic E-state index is 13.3. The molecule has 8 heteroatoms. The van der Waals surface area contributed by atoms with Crippen molar-refractivity contribution < 1.29 is 4.79 Å².